The Morgan fingerprint density at radius 3 is 2.71 bits per heavy atom. The lowest BCUT2D eigenvalue weighted by atomic mass is 10.1. The van der Waals surface area contributed by atoms with Gasteiger partial charge in [-0.2, -0.15) is 4.99 Å². The normalized spacial score (nSPS) is 9.29. The second kappa shape index (κ2) is 5.23. The summed E-state index contributed by atoms with van der Waals surface area (Å²) in [6.07, 6.45) is 0.153. The number of benzene rings is 1. The molecule has 2 nitrogen and oxygen atoms in total. The number of hydrogen-bond donors (Lipinski definition) is 0. The van der Waals surface area contributed by atoms with Crippen LogP contribution in [-0.4, -0.2) is 11.1 Å². The number of hydrogen-bond acceptors (Lipinski definition) is 2. The Hall–Kier alpha value is -0.730. The molecule has 0 radical (unpaired) electrons. The van der Waals surface area contributed by atoms with Crippen molar-refractivity contribution in [2.45, 2.75) is 6.42 Å². The van der Waals surface area contributed by atoms with Gasteiger partial charge in [0.05, 0.1) is 21.6 Å². The average Bonchev–Trinajstić information content (AvgIpc) is 2.12. The zero-order valence-electron chi connectivity index (χ0n) is 6.96. The summed E-state index contributed by atoms with van der Waals surface area (Å²) in [5.41, 5.74) is 0.749. The van der Waals surface area contributed by atoms with Gasteiger partial charge in [0.1, 0.15) is 0 Å². The van der Waals surface area contributed by atoms with Crippen LogP contribution in [0.5, 0.6) is 0 Å². The second-order valence-corrected chi connectivity index (χ2v) is 3.52. The van der Waals surface area contributed by atoms with Gasteiger partial charge in [0.25, 0.3) is 5.91 Å². The van der Waals surface area contributed by atoms with Gasteiger partial charge in [-0.3, -0.25) is 4.79 Å². The summed E-state index contributed by atoms with van der Waals surface area (Å²) in [5, 5.41) is 2.89. The third-order valence-electron chi connectivity index (χ3n) is 1.51. The molecule has 0 fully saturated rings. The fraction of sp³-hybridized carbons (Fsp3) is 0.111. The molecule has 1 rings (SSSR count). The SMILES string of the molecule is O=C(Cc1ccc(Cl)c(Cl)c1)N=C=S. The molecule has 0 aliphatic heterocycles. The van der Waals surface area contributed by atoms with Gasteiger partial charge in [-0.25, -0.2) is 0 Å². The monoisotopic (exact) mass is 245 g/mol. The smallest absolute Gasteiger partial charge is 0.258 e. The van der Waals surface area contributed by atoms with Crippen molar-refractivity contribution in [2.24, 2.45) is 4.99 Å². The summed E-state index contributed by atoms with van der Waals surface area (Å²) >= 11 is 15.8. The van der Waals surface area contributed by atoms with E-state index in [0.717, 1.165) is 5.56 Å². The lowest BCUT2D eigenvalue weighted by molar-refractivity contribution is -0.117. The maximum Gasteiger partial charge on any atom is 0.258 e. The molecular formula is C9H5Cl2NOS. The number of nitrogens with zero attached hydrogens (tertiary/aromatic N) is 1. The summed E-state index contributed by atoms with van der Waals surface area (Å²) in [4.78, 5) is 14.4. The zero-order chi connectivity index (χ0) is 10.6. The Bertz CT molecular complexity index is 413. The predicted molar refractivity (Wildman–Crippen MR) is 60.2 cm³/mol. The van der Waals surface area contributed by atoms with Crippen LogP contribution in [0.25, 0.3) is 0 Å². The van der Waals surface area contributed by atoms with Crippen LogP contribution in [0.15, 0.2) is 23.2 Å². The number of carbonyl (C=O) groups excluding carboxylic acids is 1. The molecule has 0 aliphatic carbocycles. The average molecular weight is 246 g/mol. The van der Waals surface area contributed by atoms with Crippen LogP contribution in [-0.2, 0) is 11.2 Å². The molecule has 0 saturated carbocycles. The lowest BCUT2D eigenvalue weighted by Crippen LogP contribution is -1.97. The number of halogens is 2. The Kier molecular flexibility index (Phi) is 4.23. The van der Waals surface area contributed by atoms with Crippen molar-refractivity contribution in [3.8, 4) is 0 Å². The van der Waals surface area contributed by atoms with E-state index in [1.165, 1.54) is 0 Å². The molecule has 0 aliphatic rings. The number of thiocarbonyl (C=S) groups is 1. The third-order valence-corrected chi connectivity index (χ3v) is 2.34. The molecule has 0 bridgehead atoms. The Labute approximate surface area is 96.5 Å². The minimum atomic E-state index is -0.349. The largest absolute Gasteiger partial charge is 0.271 e. The van der Waals surface area contributed by atoms with E-state index in [0.29, 0.717) is 10.0 Å². The number of rotatable bonds is 2. The van der Waals surface area contributed by atoms with Crippen LogP contribution in [0.4, 0.5) is 0 Å². The first-order valence-electron chi connectivity index (χ1n) is 3.68. The molecule has 1 aromatic carbocycles. The summed E-state index contributed by atoms with van der Waals surface area (Å²) < 4.78 is 0. The van der Waals surface area contributed by atoms with E-state index in [4.69, 9.17) is 23.2 Å². The number of isothiocyanates is 1. The molecular weight excluding hydrogens is 241 g/mol. The van der Waals surface area contributed by atoms with Crippen molar-refractivity contribution in [1.82, 2.24) is 0 Å². The minimum Gasteiger partial charge on any atom is -0.271 e. The first-order chi connectivity index (χ1) is 6.63. The van der Waals surface area contributed by atoms with E-state index in [9.17, 15) is 4.79 Å². The van der Waals surface area contributed by atoms with Crippen molar-refractivity contribution < 1.29 is 4.79 Å². The standard InChI is InChI=1S/C9H5Cl2NOS/c10-7-2-1-6(3-8(7)11)4-9(13)12-5-14/h1-3H,4H2. The molecule has 0 saturated heterocycles. The van der Waals surface area contributed by atoms with Gasteiger partial charge in [0, 0.05) is 0 Å². The first kappa shape index (κ1) is 11.3. The third kappa shape index (κ3) is 3.20. The zero-order valence-corrected chi connectivity index (χ0v) is 9.29. The topological polar surface area (TPSA) is 29.4 Å². The van der Waals surface area contributed by atoms with E-state index in [1.807, 2.05) is 5.16 Å². The minimum absolute atomic E-state index is 0.153. The van der Waals surface area contributed by atoms with Gasteiger partial charge >= 0.3 is 0 Å². The van der Waals surface area contributed by atoms with E-state index < -0.39 is 0 Å². The summed E-state index contributed by atoms with van der Waals surface area (Å²) in [6, 6.07) is 4.97. The number of aliphatic imine (C=N–C) groups is 1. The molecule has 1 aromatic rings. The van der Waals surface area contributed by atoms with Crippen LogP contribution < -0.4 is 0 Å². The van der Waals surface area contributed by atoms with Crippen LogP contribution in [0, 0.1) is 0 Å². The highest BCUT2D eigenvalue weighted by atomic mass is 35.5. The Balaban J connectivity index is 2.83. The van der Waals surface area contributed by atoms with Crippen LogP contribution in [0.2, 0.25) is 10.0 Å². The van der Waals surface area contributed by atoms with Crippen LogP contribution in [0.3, 0.4) is 0 Å². The highest BCUT2D eigenvalue weighted by molar-refractivity contribution is 7.78. The highest BCUT2D eigenvalue weighted by Crippen LogP contribution is 2.22. The molecule has 0 unspecified atom stereocenters. The van der Waals surface area contributed by atoms with Gasteiger partial charge in [-0.05, 0) is 29.9 Å². The van der Waals surface area contributed by atoms with Gasteiger partial charge in [0.2, 0.25) is 0 Å². The Morgan fingerprint density at radius 1 is 1.43 bits per heavy atom. The summed E-state index contributed by atoms with van der Waals surface area (Å²) in [7, 11) is 0. The molecule has 72 valence electrons. The molecule has 5 heteroatoms. The number of amides is 1. The van der Waals surface area contributed by atoms with Crippen molar-refractivity contribution in [3.05, 3.63) is 33.8 Å². The fourth-order valence-electron chi connectivity index (χ4n) is 0.915. The highest BCUT2D eigenvalue weighted by Gasteiger charge is 2.03. The van der Waals surface area contributed by atoms with Crippen molar-refractivity contribution in [1.29, 1.82) is 0 Å². The molecule has 0 N–H and O–H groups in total. The van der Waals surface area contributed by atoms with Crippen molar-refractivity contribution in [3.63, 3.8) is 0 Å². The molecule has 0 heterocycles. The molecule has 1 amide bonds. The molecule has 14 heavy (non-hydrogen) atoms. The predicted octanol–water partition coefficient (Wildman–Crippen LogP) is 3.17. The van der Waals surface area contributed by atoms with Crippen LogP contribution in [0.1, 0.15) is 5.56 Å². The lowest BCUT2D eigenvalue weighted by Gasteiger charge is -1.99. The van der Waals surface area contributed by atoms with Crippen LogP contribution >= 0.6 is 35.4 Å². The van der Waals surface area contributed by atoms with E-state index in [2.05, 4.69) is 17.2 Å². The maximum absolute atomic E-state index is 11.0. The summed E-state index contributed by atoms with van der Waals surface area (Å²) in [5.74, 6) is -0.349. The van der Waals surface area contributed by atoms with Gasteiger partial charge in [-0.15, -0.1) is 0 Å². The van der Waals surface area contributed by atoms with Crippen molar-refractivity contribution >= 4 is 46.5 Å². The Morgan fingerprint density at radius 2 is 2.14 bits per heavy atom. The van der Waals surface area contributed by atoms with E-state index in [1.54, 1.807) is 18.2 Å². The maximum atomic E-state index is 11.0. The quantitative estimate of drug-likeness (QED) is 0.592. The van der Waals surface area contributed by atoms with E-state index in [-0.39, 0.29) is 12.3 Å². The van der Waals surface area contributed by atoms with Gasteiger partial charge in [-0.1, -0.05) is 29.3 Å². The first-order valence-corrected chi connectivity index (χ1v) is 4.84. The molecule has 0 aromatic heterocycles. The van der Waals surface area contributed by atoms with Gasteiger partial charge in [0.15, 0.2) is 0 Å². The van der Waals surface area contributed by atoms with Crippen molar-refractivity contribution in [2.75, 3.05) is 0 Å². The van der Waals surface area contributed by atoms with Gasteiger partial charge < -0.3 is 0 Å². The molecule has 0 atom stereocenters. The molecule has 0 spiro atoms. The second-order valence-electron chi connectivity index (χ2n) is 2.52. The summed E-state index contributed by atoms with van der Waals surface area (Å²) in [6.45, 7) is 0. The van der Waals surface area contributed by atoms with E-state index >= 15 is 0 Å². The number of carbonyl (C=O) groups is 1. The fourth-order valence-corrected chi connectivity index (χ4v) is 1.34.